The van der Waals surface area contributed by atoms with Crippen LogP contribution in [0.3, 0.4) is 0 Å². The lowest BCUT2D eigenvalue weighted by molar-refractivity contribution is -0.137. The molecule has 15 heavy (non-hydrogen) atoms. The molecule has 0 amide bonds. The first kappa shape index (κ1) is 11.8. The van der Waals surface area contributed by atoms with Crippen molar-refractivity contribution in [3.05, 3.63) is 27.2 Å². The van der Waals surface area contributed by atoms with E-state index >= 15 is 0 Å². The zero-order chi connectivity index (χ0) is 11.3. The van der Waals surface area contributed by atoms with Crippen LogP contribution in [-0.4, -0.2) is 12.6 Å². The number of esters is 1. The third kappa shape index (κ3) is 3.40. The summed E-state index contributed by atoms with van der Waals surface area (Å²) < 4.78 is 10.6. The van der Waals surface area contributed by atoms with E-state index in [4.69, 9.17) is 14.4 Å². The highest BCUT2D eigenvalue weighted by molar-refractivity contribution is 14.1. The summed E-state index contributed by atoms with van der Waals surface area (Å²) in [5, 5.41) is 8.73. The van der Waals surface area contributed by atoms with Crippen LogP contribution in [0, 0.1) is 15.1 Å². The van der Waals surface area contributed by atoms with Crippen molar-refractivity contribution in [1.29, 1.82) is 5.26 Å². The fourth-order valence-electron chi connectivity index (χ4n) is 0.894. The van der Waals surface area contributed by atoms with Gasteiger partial charge in [-0.3, -0.25) is 0 Å². The summed E-state index contributed by atoms with van der Waals surface area (Å²) in [5.74, 6) is -0.171. The molecule has 1 aromatic rings. The zero-order valence-corrected chi connectivity index (χ0v) is 10.1. The van der Waals surface area contributed by atoms with Gasteiger partial charge in [0.15, 0.2) is 3.77 Å². The number of nitrogens with zero attached hydrogens (tertiary/aromatic N) is 1. The van der Waals surface area contributed by atoms with E-state index in [0.29, 0.717) is 9.53 Å². The van der Waals surface area contributed by atoms with Gasteiger partial charge in [-0.1, -0.05) is 0 Å². The van der Waals surface area contributed by atoms with Gasteiger partial charge in [-0.2, -0.15) is 5.26 Å². The largest absolute Gasteiger partial charge is 0.462 e. The number of carbonyl (C=O) groups is 1. The quantitative estimate of drug-likeness (QED) is 0.371. The summed E-state index contributed by atoms with van der Waals surface area (Å²) in [5.41, 5.74) is -0.0670. The predicted octanol–water partition coefficient (Wildman–Crippen LogP) is 2.35. The average Bonchev–Trinajstić information content (AvgIpc) is 2.61. The molecule has 5 heteroatoms. The standard InChI is InChI=1S/C10H8INO3/c1-2-14-10(13)7(6-12)5-8-3-4-9(11)15-8/h3-5H,2H2,1H3. The Balaban J connectivity index is 2.88. The minimum absolute atomic E-state index is 0.0670. The van der Waals surface area contributed by atoms with Crippen LogP contribution < -0.4 is 0 Å². The Morgan fingerprint density at radius 3 is 2.93 bits per heavy atom. The van der Waals surface area contributed by atoms with E-state index in [0.717, 1.165) is 0 Å². The molecule has 0 aliphatic heterocycles. The van der Waals surface area contributed by atoms with Crippen LogP contribution in [0.2, 0.25) is 0 Å². The number of halogens is 1. The molecule has 0 radical (unpaired) electrons. The van der Waals surface area contributed by atoms with Gasteiger partial charge >= 0.3 is 5.97 Å². The predicted molar refractivity (Wildman–Crippen MR) is 61.6 cm³/mol. The second kappa shape index (κ2) is 5.56. The summed E-state index contributed by atoms with van der Waals surface area (Å²) in [4.78, 5) is 11.2. The highest BCUT2D eigenvalue weighted by Crippen LogP contribution is 2.13. The number of furan rings is 1. The minimum Gasteiger partial charge on any atom is -0.462 e. The zero-order valence-electron chi connectivity index (χ0n) is 7.99. The fraction of sp³-hybridized carbons (Fsp3) is 0.200. The summed E-state index contributed by atoms with van der Waals surface area (Å²) in [6.45, 7) is 1.93. The first-order chi connectivity index (χ1) is 7.17. The van der Waals surface area contributed by atoms with Crippen molar-refractivity contribution >= 4 is 34.6 Å². The van der Waals surface area contributed by atoms with E-state index in [2.05, 4.69) is 0 Å². The van der Waals surface area contributed by atoms with Crippen LogP contribution in [0.15, 0.2) is 22.1 Å². The molecule has 78 valence electrons. The van der Waals surface area contributed by atoms with E-state index < -0.39 is 5.97 Å². The van der Waals surface area contributed by atoms with Crippen molar-refractivity contribution in [2.75, 3.05) is 6.61 Å². The molecule has 0 unspecified atom stereocenters. The van der Waals surface area contributed by atoms with Crippen LogP contribution in [0.5, 0.6) is 0 Å². The van der Waals surface area contributed by atoms with Crippen molar-refractivity contribution < 1.29 is 13.9 Å². The van der Waals surface area contributed by atoms with Crippen molar-refractivity contribution in [1.82, 2.24) is 0 Å². The lowest BCUT2D eigenvalue weighted by atomic mass is 10.2. The van der Waals surface area contributed by atoms with Crippen LogP contribution in [0.25, 0.3) is 6.08 Å². The SMILES string of the molecule is CCOC(=O)C(C#N)=Cc1ccc(I)o1. The topological polar surface area (TPSA) is 63.2 Å². The molecule has 0 atom stereocenters. The third-order valence-electron chi connectivity index (χ3n) is 1.50. The second-order valence-electron chi connectivity index (χ2n) is 2.53. The Morgan fingerprint density at radius 1 is 1.73 bits per heavy atom. The Kier molecular flexibility index (Phi) is 4.37. The lowest BCUT2D eigenvalue weighted by Crippen LogP contribution is -2.05. The normalized spacial score (nSPS) is 10.9. The van der Waals surface area contributed by atoms with E-state index in [9.17, 15) is 4.79 Å². The smallest absolute Gasteiger partial charge is 0.349 e. The Hall–Kier alpha value is -1.29. The number of ether oxygens (including phenoxy) is 1. The second-order valence-corrected chi connectivity index (χ2v) is 3.60. The molecular weight excluding hydrogens is 309 g/mol. The molecule has 0 aliphatic rings. The molecule has 0 saturated carbocycles. The summed E-state index contributed by atoms with van der Waals surface area (Å²) in [6, 6.07) is 5.19. The van der Waals surface area contributed by atoms with Gasteiger partial charge in [-0.25, -0.2) is 4.79 Å². The first-order valence-electron chi connectivity index (χ1n) is 4.21. The third-order valence-corrected chi connectivity index (χ3v) is 2.08. The maximum atomic E-state index is 11.2. The number of nitriles is 1. The highest BCUT2D eigenvalue weighted by atomic mass is 127. The lowest BCUT2D eigenvalue weighted by Gasteiger charge is -1.97. The number of hydrogen-bond acceptors (Lipinski definition) is 4. The van der Waals surface area contributed by atoms with Gasteiger partial charge in [-0.15, -0.1) is 0 Å². The molecular formula is C10H8INO3. The van der Waals surface area contributed by atoms with Crippen LogP contribution >= 0.6 is 22.6 Å². The molecule has 0 fully saturated rings. The van der Waals surface area contributed by atoms with Gasteiger partial charge in [0.2, 0.25) is 0 Å². The number of rotatable bonds is 3. The maximum Gasteiger partial charge on any atom is 0.349 e. The van der Waals surface area contributed by atoms with Gasteiger partial charge in [0.1, 0.15) is 17.4 Å². The van der Waals surface area contributed by atoms with Gasteiger partial charge in [0.25, 0.3) is 0 Å². The van der Waals surface area contributed by atoms with Crippen molar-refractivity contribution in [2.45, 2.75) is 6.92 Å². The molecule has 0 spiro atoms. The Bertz CT molecular complexity index is 428. The van der Waals surface area contributed by atoms with Gasteiger partial charge in [0, 0.05) is 6.08 Å². The molecule has 0 bridgehead atoms. The minimum atomic E-state index is -0.633. The monoisotopic (exact) mass is 317 g/mol. The summed E-state index contributed by atoms with van der Waals surface area (Å²) in [6.07, 6.45) is 1.36. The van der Waals surface area contributed by atoms with E-state index in [1.54, 1.807) is 25.1 Å². The van der Waals surface area contributed by atoms with E-state index in [1.807, 2.05) is 22.6 Å². The van der Waals surface area contributed by atoms with Crippen molar-refractivity contribution in [3.63, 3.8) is 0 Å². The molecule has 1 heterocycles. The Labute approximate surface area is 101 Å². The van der Waals surface area contributed by atoms with Crippen LogP contribution in [0.4, 0.5) is 0 Å². The van der Waals surface area contributed by atoms with Gasteiger partial charge < -0.3 is 9.15 Å². The first-order valence-corrected chi connectivity index (χ1v) is 5.29. The fourth-order valence-corrected chi connectivity index (χ4v) is 1.33. The summed E-state index contributed by atoms with van der Waals surface area (Å²) >= 11 is 2.00. The van der Waals surface area contributed by atoms with Crippen molar-refractivity contribution in [3.8, 4) is 6.07 Å². The average molecular weight is 317 g/mol. The Morgan fingerprint density at radius 2 is 2.47 bits per heavy atom. The summed E-state index contributed by atoms with van der Waals surface area (Å²) in [7, 11) is 0. The van der Waals surface area contributed by atoms with Crippen LogP contribution in [-0.2, 0) is 9.53 Å². The van der Waals surface area contributed by atoms with E-state index in [-0.39, 0.29) is 12.2 Å². The van der Waals surface area contributed by atoms with Gasteiger partial charge in [0.05, 0.1) is 6.61 Å². The molecule has 0 aromatic carbocycles. The molecule has 0 aliphatic carbocycles. The highest BCUT2D eigenvalue weighted by Gasteiger charge is 2.10. The molecule has 4 nitrogen and oxygen atoms in total. The maximum absolute atomic E-state index is 11.2. The number of hydrogen-bond donors (Lipinski definition) is 0. The molecule has 0 saturated heterocycles. The van der Waals surface area contributed by atoms with E-state index in [1.165, 1.54) is 6.08 Å². The molecule has 1 aromatic heterocycles. The van der Waals surface area contributed by atoms with Crippen molar-refractivity contribution in [2.24, 2.45) is 0 Å². The molecule has 0 N–H and O–H groups in total. The molecule has 1 rings (SSSR count). The van der Waals surface area contributed by atoms with Gasteiger partial charge in [-0.05, 0) is 41.6 Å². The number of carbonyl (C=O) groups excluding carboxylic acids is 1. The van der Waals surface area contributed by atoms with Crippen LogP contribution in [0.1, 0.15) is 12.7 Å².